The number of benzene rings is 1. The predicted octanol–water partition coefficient (Wildman–Crippen LogP) is 0.966. The van der Waals surface area contributed by atoms with Gasteiger partial charge in [-0.3, -0.25) is 9.35 Å². The predicted molar refractivity (Wildman–Crippen MR) is 52.9 cm³/mol. The standard InChI is InChI=1S/C8H8FNO5S/c1-5(11)10-6-2-3-8(7(9)4-6)15-16(12,13)14/h2-4H,1H3,(H,10,11)(H,12,13,14). The highest BCUT2D eigenvalue weighted by molar-refractivity contribution is 7.81. The smallest absolute Gasteiger partial charge is 0.359 e. The summed E-state index contributed by atoms with van der Waals surface area (Å²) in [6.45, 7) is 1.24. The summed E-state index contributed by atoms with van der Waals surface area (Å²) in [6, 6.07) is 3.06. The molecule has 0 saturated carbocycles. The molecule has 1 rings (SSSR count). The zero-order valence-corrected chi connectivity index (χ0v) is 8.91. The maximum atomic E-state index is 13.2. The Bertz CT molecular complexity index is 513. The Morgan fingerprint density at radius 3 is 2.56 bits per heavy atom. The van der Waals surface area contributed by atoms with Gasteiger partial charge in [-0.1, -0.05) is 0 Å². The van der Waals surface area contributed by atoms with E-state index >= 15 is 0 Å². The molecule has 1 aromatic carbocycles. The summed E-state index contributed by atoms with van der Waals surface area (Å²) in [5.74, 6) is -2.08. The Hall–Kier alpha value is -1.67. The van der Waals surface area contributed by atoms with Crippen LogP contribution < -0.4 is 9.50 Å². The van der Waals surface area contributed by atoms with Crippen LogP contribution in [0.15, 0.2) is 18.2 Å². The first-order valence-corrected chi connectivity index (χ1v) is 5.38. The lowest BCUT2D eigenvalue weighted by molar-refractivity contribution is -0.114. The van der Waals surface area contributed by atoms with Crippen molar-refractivity contribution in [2.75, 3.05) is 5.32 Å². The third kappa shape index (κ3) is 3.83. The van der Waals surface area contributed by atoms with Crippen LogP contribution >= 0.6 is 0 Å². The zero-order valence-electron chi connectivity index (χ0n) is 8.10. The summed E-state index contributed by atoms with van der Waals surface area (Å²) in [5.41, 5.74) is 0.146. The van der Waals surface area contributed by atoms with E-state index in [2.05, 4.69) is 9.50 Å². The average Bonchev–Trinajstić information content (AvgIpc) is 2.06. The van der Waals surface area contributed by atoms with Crippen LogP contribution in [0.3, 0.4) is 0 Å². The Morgan fingerprint density at radius 2 is 2.12 bits per heavy atom. The molecule has 0 bridgehead atoms. The summed E-state index contributed by atoms with van der Waals surface area (Å²) in [7, 11) is -4.76. The first kappa shape index (κ1) is 12.4. The molecule has 2 N–H and O–H groups in total. The molecule has 88 valence electrons. The van der Waals surface area contributed by atoms with Gasteiger partial charge in [-0.15, -0.1) is 0 Å². The number of nitrogens with one attached hydrogen (secondary N) is 1. The minimum absolute atomic E-state index is 0.146. The van der Waals surface area contributed by atoms with Gasteiger partial charge in [0.05, 0.1) is 0 Å². The van der Waals surface area contributed by atoms with Crippen molar-refractivity contribution in [1.29, 1.82) is 0 Å². The molecule has 1 aromatic rings. The fourth-order valence-electron chi connectivity index (χ4n) is 0.963. The summed E-state index contributed by atoms with van der Waals surface area (Å²) in [4.78, 5) is 10.6. The Balaban J connectivity index is 2.96. The molecule has 0 aliphatic heterocycles. The van der Waals surface area contributed by atoms with E-state index in [9.17, 15) is 17.6 Å². The van der Waals surface area contributed by atoms with Crippen LogP contribution in [0.4, 0.5) is 10.1 Å². The lowest BCUT2D eigenvalue weighted by atomic mass is 10.3. The number of amides is 1. The molecule has 0 spiro atoms. The Morgan fingerprint density at radius 1 is 1.50 bits per heavy atom. The second-order valence-corrected chi connectivity index (χ2v) is 3.86. The van der Waals surface area contributed by atoms with Crippen LogP contribution in [0.2, 0.25) is 0 Å². The number of carbonyl (C=O) groups is 1. The number of carbonyl (C=O) groups excluding carboxylic acids is 1. The van der Waals surface area contributed by atoms with Gasteiger partial charge in [0.25, 0.3) is 0 Å². The van der Waals surface area contributed by atoms with E-state index in [4.69, 9.17) is 4.55 Å². The Kier molecular flexibility index (Phi) is 3.45. The van der Waals surface area contributed by atoms with E-state index in [0.29, 0.717) is 0 Å². The van der Waals surface area contributed by atoms with Crippen molar-refractivity contribution < 1.29 is 26.3 Å². The molecule has 16 heavy (non-hydrogen) atoms. The zero-order chi connectivity index (χ0) is 12.3. The van der Waals surface area contributed by atoms with Gasteiger partial charge in [-0.05, 0) is 12.1 Å². The number of hydrogen-bond donors (Lipinski definition) is 2. The first-order chi connectivity index (χ1) is 7.28. The van der Waals surface area contributed by atoms with E-state index < -0.39 is 27.9 Å². The molecular weight excluding hydrogens is 241 g/mol. The van der Waals surface area contributed by atoms with Crippen molar-refractivity contribution in [3.63, 3.8) is 0 Å². The van der Waals surface area contributed by atoms with E-state index in [-0.39, 0.29) is 5.69 Å². The highest BCUT2D eigenvalue weighted by Crippen LogP contribution is 2.22. The topological polar surface area (TPSA) is 92.7 Å². The van der Waals surface area contributed by atoms with Gasteiger partial charge in [0.1, 0.15) is 0 Å². The molecule has 0 saturated heterocycles. The SMILES string of the molecule is CC(=O)Nc1ccc(OS(=O)(=O)O)c(F)c1. The quantitative estimate of drug-likeness (QED) is 0.778. The van der Waals surface area contributed by atoms with Gasteiger partial charge in [0.2, 0.25) is 5.91 Å². The van der Waals surface area contributed by atoms with E-state index in [1.54, 1.807) is 0 Å². The van der Waals surface area contributed by atoms with Crippen molar-refractivity contribution in [3.8, 4) is 5.75 Å². The molecule has 0 aliphatic carbocycles. The number of rotatable bonds is 3. The number of hydrogen-bond acceptors (Lipinski definition) is 4. The van der Waals surface area contributed by atoms with E-state index in [1.807, 2.05) is 0 Å². The largest absolute Gasteiger partial charge is 0.446 e. The molecule has 0 aliphatic rings. The molecular formula is C8H8FNO5S. The fourth-order valence-corrected chi connectivity index (χ4v) is 1.32. The van der Waals surface area contributed by atoms with Gasteiger partial charge < -0.3 is 9.50 Å². The lowest BCUT2D eigenvalue weighted by Crippen LogP contribution is -2.09. The third-order valence-corrected chi connectivity index (χ3v) is 1.84. The monoisotopic (exact) mass is 249 g/mol. The van der Waals surface area contributed by atoms with Crippen LogP contribution in [0.5, 0.6) is 5.75 Å². The first-order valence-electron chi connectivity index (χ1n) is 4.02. The molecule has 8 heteroatoms. The van der Waals surface area contributed by atoms with Gasteiger partial charge in [0, 0.05) is 18.7 Å². The molecule has 0 fully saturated rings. The molecule has 0 radical (unpaired) electrons. The molecule has 6 nitrogen and oxygen atoms in total. The highest BCUT2D eigenvalue weighted by Gasteiger charge is 2.12. The molecule has 0 atom stereocenters. The minimum atomic E-state index is -4.76. The Labute approximate surface area is 91.0 Å². The van der Waals surface area contributed by atoms with Crippen LogP contribution in [0, 0.1) is 5.82 Å². The van der Waals surface area contributed by atoms with Crippen molar-refractivity contribution in [1.82, 2.24) is 0 Å². The average molecular weight is 249 g/mol. The maximum absolute atomic E-state index is 13.2. The van der Waals surface area contributed by atoms with Gasteiger partial charge >= 0.3 is 10.4 Å². The van der Waals surface area contributed by atoms with Crippen molar-refractivity contribution in [2.45, 2.75) is 6.92 Å². The van der Waals surface area contributed by atoms with Gasteiger partial charge in [-0.2, -0.15) is 8.42 Å². The van der Waals surface area contributed by atoms with E-state index in [0.717, 1.165) is 12.1 Å². The van der Waals surface area contributed by atoms with Gasteiger partial charge in [0.15, 0.2) is 11.6 Å². The number of halogens is 1. The molecule has 0 aromatic heterocycles. The normalized spacial score (nSPS) is 10.9. The van der Waals surface area contributed by atoms with Crippen LogP contribution in [0.1, 0.15) is 6.92 Å². The summed E-state index contributed by atoms with van der Waals surface area (Å²) in [6.07, 6.45) is 0. The third-order valence-electron chi connectivity index (χ3n) is 1.45. The van der Waals surface area contributed by atoms with Crippen molar-refractivity contribution in [2.24, 2.45) is 0 Å². The van der Waals surface area contributed by atoms with Gasteiger partial charge in [-0.25, -0.2) is 4.39 Å². The molecule has 0 heterocycles. The van der Waals surface area contributed by atoms with E-state index in [1.165, 1.54) is 13.0 Å². The lowest BCUT2D eigenvalue weighted by Gasteiger charge is -2.05. The summed E-state index contributed by atoms with van der Waals surface area (Å²) >= 11 is 0. The second kappa shape index (κ2) is 4.45. The van der Waals surface area contributed by atoms with Crippen LogP contribution in [0.25, 0.3) is 0 Å². The second-order valence-electron chi connectivity index (χ2n) is 2.84. The molecule has 1 amide bonds. The highest BCUT2D eigenvalue weighted by atomic mass is 32.3. The van der Waals surface area contributed by atoms with Crippen LogP contribution in [-0.2, 0) is 15.2 Å². The molecule has 0 unspecified atom stereocenters. The fraction of sp³-hybridized carbons (Fsp3) is 0.125. The summed E-state index contributed by atoms with van der Waals surface area (Å²) in [5, 5.41) is 2.29. The number of anilines is 1. The van der Waals surface area contributed by atoms with Crippen molar-refractivity contribution in [3.05, 3.63) is 24.0 Å². The minimum Gasteiger partial charge on any atom is -0.359 e. The van der Waals surface area contributed by atoms with Crippen molar-refractivity contribution >= 4 is 22.0 Å². The maximum Gasteiger partial charge on any atom is 0.446 e. The summed E-state index contributed by atoms with van der Waals surface area (Å²) < 4.78 is 46.1. The van der Waals surface area contributed by atoms with Crippen LogP contribution in [-0.4, -0.2) is 18.9 Å².